The largest absolute Gasteiger partial charge is 0.365 e. The molecule has 1 heterocycles. The molecule has 1 atom stereocenters. The molecule has 1 saturated carbocycles. The van der Waals surface area contributed by atoms with E-state index >= 15 is 0 Å². The maximum absolute atomic E-state index is 11.1. The number of hydrogen-bond acceptors (Lipinski definition) is 2. The lowest BCUT2D eigenvalue weighted by Gasteiger charge is -2.24. The van der Waals surface area contributed by atoms with Gasteiger partial charge in [0.1, 0.15) is 0 Å². The van der Waals surface area contributed by atoms with Gasteiger partial charge in [-0.25, -0.2) is 0 Å². The molecular weight excluding hydrogens is 204 g/mol. The normalized spacial score (nSPS) is 19.5. The lowest BCUT2D eigenvalue weighted by Crippen LogP contribution is -2.32. The van der Waals surface area contributed by atoms with Crippen molar-refractivity contribution < 1.29 is 4.92 Å². The van der Waals surface area contributed by atoms with Gasteiger partial charge in [-0.1, -0.05) is 19.3 Å². The molecule has 0 aromatic carbocycles. The van der Waals surface area contributed by atoms with E-state index in [4.69, 9.17) is 0 Å². The van der Waals surface area contributed by atoms with Crippen LogP contribution in [0.3, 0.4) is 0 Å². The number of nitrogens with zero attached hydrogens (tertiary/aromatic N) is 1. The Morgan fingerprint density at radius 3 is 2.75 bits per heavy atom. The lowest BCUT2D eigenvalue weighted by molar-refractivity contribution is -0.533. The summed E-state index contributed by atoms with van der Waals surface area (Å²) in [5.74, 6) is 0.270. The number of nitrogens with one attached hydrogen (secondary N) is 1. The van der Waals surface area contributed by atoms with Gasteiger partial charge in [0.2, 0.25) is 6.04 Å². The number of aromatic amines is 1. The third-order valence-corrected chi connectivity index (χ3v) is 3.56. The molecule has 0 amide bonds. The number of rotatable bonds is 4. The molecule has 0 radical (unpaired) electrons. The van der Waals surface area contributed by atoms with Crippen LogP contribution >= 0.6 is 0 Å². The summed E-state index contributed by atoms with van der Waals surface area (Å²) in [6, 6.07) is 3.42. The second kappa shape index (κ2) is 5.14. The summed E-state index contributed by atoms with van der Waals surface area (Å²) in [6.45, 7) is 0. The zero-order valence-electron chi connectivity index (χ0n) is 9.39. The first kappa shape index (κ1) is 11.2. The minimum Gasteiger partial charge on any atom is -0.365 e. The van der Waals surface area contributed by atoms with Crippen LogP contribution in [0.15, 0.2) is 18.3 Å². The molecule has 88 valence electrons. The number of H-pyrrole nitrogens is 1. The quantitative estimate of drug-likeness (QED) is 0.629. The van der Waals surface area contributed by atoms with Gasteiger partial charge in [0.15, 0.2) is 0 Å². The van der Waals surface area contributed by atoms with Gasteiger partial charge >= 0.3 is 0 Å². The van der Waals surface area contributed by atoms with E-state index in [1.807, 2.05) is 18.3 Å². The summed E-state index contributed by atoms with van der Waals surface area (Å²) >= 11 is 0. The van der Waals surface area contributed by atoms with Crippen LogP contribution in [-0.4, -0.2) is 15.9 Å². The van der Waals surface area contributed by atoms with Crippen LogP contribution in [-0.2, 0) is 6.42 Å². The molecule has 4 heteroatoms. The highest BCUT2D eigenvalue weighted by atomic mass is 16.6. The van der Waals surface area contributed by atoms with Crippen LogP contribution < -0.4 is 0 Å². The summed E-state index contributed by atoms with van der Waals surface area (Å²) in [5, 5.41) is 11.1. The fraction of sp³-hybridized carbons (Fsp3) is 0.667. The highest BCUT2D eigenvalue weighted by molar-refractivity contribution is 5.05. The van der Waals surface area contributed by atoms with E-state index in [0.717, 1.165) is 31.4 Å². The third-order valence-electron chi connectivity index (χ3n) is 3.56. The Morgan fingerprint density at radius 2 is 2.19 bits per heavy atom. The van der Waals surface area contributed by atoms with E-state index in [1.54, 1.807) is 0 Å². The molecule has 1 aromatic rings. The van der Waals surface area contributed by atoms with Crippen molar-refractivity contribution in [2.24, 2.45) is 5.92 Å². The number of nitro groups is 1. The van der Waals surface area contributed by atoms with Gasteiger partial charge in [-0.15, -0.1) is 0 Å². The van der Waals surface area contributed by atoms with Crippen LogP contribution in [0.25, 0.3) is 0 Å². The van der Waals surface area contributed by atoms with Crippen molar-refractivity contribution in [2.45, 2.75) is 44.6 Å². The fourth-order valence-electron chi connectivity index (χ4n) is 2.65. The van der Waals surface area contributed by atoms with Gasteiger partial charge in [-0.3, -0.25) is 10.1 Å². The molecular formula is C12H18N2O2. The van der Waals surface area contributed by atoms with E-state index in [0.29, 0.717) is 6.42 Å². The van der Waals surface area contributed by atoms with Crippen molar-refractivity contribution in [3.8, 4) is 0 Å². The Morgan fingerprint density at radius 1 is 1.44 bits per heavy atom. The maximum atomic E-state index is 11.1. The van der Waals surface area contributed by atoms with Crippen LogP contribution in [0.1, 0.15) is 37.8 Å². The summed E-state index contributed by atoms with van der Waals surface area (Å²) in [4.78, 5) is 14.1. The van der Waals surface area contributed by atoms with Gasteiger partial charge < -0.3 is 4.98 Å². The van der Waals surface area contributed by atoms with Crippen molar-refractivity contribution in [3.05, 3.63) is 34.1 Å². The van der Waals surface area contributed by atoms with E-state index in [1.165, 1.54) is 6.42 Å². The van der Waals surface area contributed by atoms with Gasteiger partial charge in [-0.05, 0) is 25.0 Å². The van der Waals surface area contributed by atoms with Crippen molar-refractivity contribution >= 4 is 0 Å². The van der Waals surface area contributed by atoms with Crippen molar-refractivity contribution in [1.29, 1.82) is 0 Å². The molecule has 1 aromatic heterocycles. The summed E-state index contributed by atoms with van der Waals surface area (Å²) in [7, 11) is 0. The summed E-state index contributed by atoms with van der Waals surface area (Å²) in [6.07, 6.45) is 7.96. The van der Waals surface area contributed by atoms with Crippen LogP contribution in [0.2, 0.25) is 0 Å². The monoisotopic (exact) mass is 222 g/mol. The third kappa shape index (κ3) is 2.62. The summed E-state index contributed by atoms with van der Waals surface area (Å²) < 4.78 is 0. The van der Waals surface area contributed by atoms with Gasteiger partial charge in [-0.2, -0.15) is 0 Å². The first-order valence-corrected chi connectivity index (χ1v) is 6.03. The van der Waals surface area contributed by atoms with E-state index in [9.17, 15) is 10.1 Å². The molecule has 0 saturated heterocycles. The number of hydrogen-bond donors (Lipinski definition) is 1. The SMILES string of the molecule is O=[N+]([O-])C(Cc1ccc[nH]1)C1CCCCC1. The molecule has 0 bridgehead atoms. The Hall–Kier alpha value is -1.32. The molecule has 1 aliphatic carbocycles. The second-order valence-corrected chi connectivity index (χ2v) is 4.65. The molecule has 1 N–H and O–H groups in total. The Kier molecular flexibility index (Phi) is 3.59. The Labute approximate surface area is 95.2 Å². The van der Waals surface area contributed by atoms with Crippen LogP contribution in [0.4, 0.5) is 0 Å². The molecule has 0 aliphatic heterocycles. The predicted molar refractivity (Wildman–Crippen MR) is 61.9 cm³/mol. The highest BCUT2D eigenvalue weighted by Gasteiger charge is 2.32. The molecule has 16 heavy (non-hydrogen) atoms. The molecule has 1 aliphatic rings. The zero-order chi connectivity index (χ0) is 11.4. The first-order chi connectivity index (χ1) is 7.77. The van der Waals surface area contributed by atoms with E-state index < -0.39 is 6.04 Å². The molecule has 4 nitrogen and oxygen atoms in total. The minimum atomic E-state index is -0.404. The van der Waals surface area contributed by atoms with Crippen LogP contribution in [0, 0.1) is 16.0 Å². The smallest absolute Gasteiger partial charge is 0.221 e. The average molecular weight is 222 g/mol. The van der Waals surface area contributed by atoms with Crippen LogP contribution in [0.5, 0.6) is 0 Å². The Balaban J connectivity index is 2.01. The van der Waals surface area contributed by atoms with E-state index in [-0.39, 0.29) is 10.8 Å². The number of aromatic nitrogens is 1. The fourth-order valence-corrected chi connectivity index (χ4v) is 2.65. The molecule has 0 spiro atoms. The van der Waals surface area contributed by atoms with Gasteiger partial charge in [0.05, 0.1) is 6.42 Å². The Bertz CT molecular complexity index is 329. The van der Waals surface area contributed by atoms with Crippen molar-refractivity contribution in [1.82, 2.24) is 4.98 Å². The highest BCUT2D eigenvalue weighted by Crippen LogP contribution is 2.29. The molecule has 2 rings (SSSR count). The topological polar surface area (TPSA) is 58.9 Å². The summed E-state index contributed by atoms with van der Waals surface area (Å²) in [5.41, 5.74) is 0.979. The van der Waals surface area contributed by atoms with E-state index in [2.05, 4.69) is 4.98 Å². The zero-order valence-corrected chi connectivity index (χ0v) is 9.39. The first-order valence-electron chi connectivity index (χ1n) is 6.03. The second-order valence-electron chi connectivity index (χ2n) is 4.65. The van der Waals surface area contributed by atoms with Gasteiger partial charge in [0.25, 0.3) is 0 Å². The van der Waals surface area contributed by atoms with Crippen molar-refractivity contribution in [3.63, 3.8) is 0 Å². The average Bonchev–Trinajstić information content (AvgIpc) is 2.79. The van der Waals surface area contributed by atoms with Gasteiger partial charge in [0, 0.05) is 22.7 Å². The molecule has 1 unspecified atom stereocenters. The van der Waals surface area contributed by atoms with Crippen molar-refractivity contribution in [2.75, 3.05) is 0 Å². The standard InChI is InChI=1S/C12H18N2O2/c15-14(16)12(9-11-7-4-8-13-11)10-5-2-1-3-6-10/h4,7-8,10,12-13H,1-3,5-6,9H2. The minimum absolute atomic E-state index is 0.0865. The maximum Gasteiger partial charge on any atom is 0.221 e. The lowest BCUT2D eigenvalue weighted by atomic mass is 9.82. The molecule has 1 fully saturated rings. The predicted octanol–water partition coefficient (Wildman–Crippen LogP) is 2.78.